The van der Waals surface area contributed by atoms with Crippen LogP contribution in [0.1, 0.15) is 37.7 Å². The average molecular weight is 504 g/mol. The van der Waals surface area contributed by atoms with Crippen LogP contribution in [0.3, 0.4) is 0 Å². The number of hydrogen-bond acceptors (Lipinski definition) is 6. The van der Waals surface area contributed by atoms with Gasteiger partial charge in [0.05, 0.1) is 17.4 Å². The molecule has 0 aliphatic heterocycles. The minimum absolute atomic E-state index is 0.0339. The van der Waals surface area contributed by atoms with Gasteiger partial charge in [-0.3, -0.25) is 20.2 Å². The number of fused-ring (bicyclic) bond motifs is 1. The maximum Gasteiger partial charge on any atom is 0.226 e. The fourth-order valence-electron chi connectivity index (χ4n) is 4.26. The number of nitrogen functional groups attached to an aromatic ring is 1. The maximum atomic E-state index is 12.3. The van der Waals surface area contributed by atoms with Crippen molar-refractivity contribution in [2.24, 2.45) is 5.92 Å². The first-order valence-corrected chi connectivity index (χ1v) is 12.5. The molecule has 0 spiro atoms. The van der Waals surface area contributed by atoms with Crippen molar-refractivity contribution in [1.29, 1.82) is 5.41 Å². The summed E-state index contributed by atoms with van der Waals surface area (Å²) in [7, 11) is 0. The van der Waals surface area contributed by atoms with Gasteiger partial charge in [-0.05, 0) is 59.5 Å². The molecule has 2 aromatic carbocycles. The number of aromatic nitrogens is 4. The number of imidazole rings is 1. The van der Waals surface area contributed by atoms with Crippen LogP contribution in [0.25, 0.3) is 33.4 Å². The van der Waals surface area contributed by atoms with Gasteiger partial charge in [0, 0.05) is 40.8 Å². The van der Waals surface area contributed by atoms with E-state index in [1.54, 1.807) is 24.7 Å². The Morgan fingerprint density at radius 2 is 1.92 bits per heavy atom. The molecule has 3 aromatic heterocycles. The zero-order valence-electron chi connectivity index (χ0n) is 21.5. The predicted octanol–water partition coefficient (Wildman–Crippen LogP) is 5.84. The normalized spacial score (nSPS) is 11.2. The van der Waals surface area contributed by atoms with Crippen LogP contribution in [0, 0.1) is 11.3 Å². The van der Waals surface area contributed by atoms with Crippen molar-refractivity contribution in [3.63, 3.8) is 0 Å². The van der Waals surface area contributed by atoms with Crippen LogP contribution in [0.2, 0.25) is 0 Å². The fraction of sp³-hybridized carbons (Fsp3) is 0.167. The van der Waals surface area contributed by atoms with Crippen molar-refractivity contribution in [3.05, 3.63) is 90.1 Å². The van der Waals surface area contributed by atoms with E-state index < -0.39 is 0 Å². The number of pyridine rings is 2. The number of nitrogens with one attached hydrogen (secondary N) is 3. The van der Waals surface area contributed by atoms with Gasteiger partial charge >= 0.3 is 0 Å². The molecule has 0 saturated carbocycles. The second kappa shape index (κ2) is 10.3. The van der Waals surface area contributed by atoms with Gasteiger partial charge in [-0.1, -0.05) is 39.0 Å². The fourth-order valence-corrected chi connectivity index (χ4v) is 4.26. The zero-order valence-corrected chi connectivity index (χ0v) is 21.5. The highest BCUT2D eigenvalue weighted by Crippen LogP contribution is 2.30. The van der Waals surface area contributed by atoms with Crippen molar-refractivity contribution in [2.45, 2.75) is 27.2 Å². The summed E-state index contributed by atoms with van der Waals surface area (Å²) in [5, 5.41) is 12.0. The third kappa shape index (κ3) is 4.88. The summed E-state index contributed by atoms with van der Waals surface area (Å²) in [4.78, 5) is 29.0. The Balaban J connectivity index is 1.53. The Hall–Kier alpha value is -4.85. The molecular weight excluding hydrogens is 474 g/mol. The summed E-state index contributed by atoms with van der Waals surface area (Å²) < 4.78 is 0. The number of carbonyl (C=O) groups excluding carboxylic acids is 1. The molecule has 5 N–H and O–H groups in total. The van der Waals surface area contributed by atoms with E-state index in [-0.39, 0.29) is 17.5 Å². The minimum atomic E-state index is -0.121. The molecule has 0 atom stereocenters. The highest BCUT2D eigenvalue weighted by molar-refractivity contribution is 6.13. The first-order valence-electron chi connectivity index (χ1n) is 12.5. The van der Waals surface area contributed by atoms with Crippen LogP contribution >= 0.6 is 0 Å². The smallest absolute Gasteiger partial charge is 0.226 e. The summed E-state index contributed by atoms with van der Waals surface area (Å²) in [5.74, 6) is 0.235. The molecule has 1 amide bonds. The van der Waals surface area contributed by atoms with E-state index in [0.29, 0.717) is 28.1 Å². The third-order valence-electron chi connectivity index (χ3n) is 6.42. The Morgan fingerprint density at radius 3 is 2.66 bits per heavy atom. The van der Waals surface area contributed by atoms with E-state index in [0.717, 1.165) is 40.1 Å². The minimum Gasteiger partial charge on any atom is -0.398 e. The second-order valence-electron chi connectivity index (χ2n) is 9.48. The van der Waals surface area contributed by atoms with Crippen LogP contribution < -0.4 is 11.1 Å². The summed E-state index contributed by atoms with van der Waals surface area (Å²) >= 11 is 0. The van der Waals surface area contributed by atoms with Crippen molar-refractivity contribution < 1.29 is 4.79 Å². The number of hydrogen-bond donors (Lipinski definition) is 4. The number of nitrogens with zero attached hydrogens (tertiary/aromatic N) is 3. The molecule has 190 valence electrons. The van der Waals surface area contributed by atoms with Crippen LogP contribution in [0.5, 0.6) is 0 Å². The van der Waals surface area contributed by atoms with E-state index >= 15 is 0 Å². The van der Waals surface area contributed by atoms with Gasteiger partial charge in [0.25, 0.3) is 0 Å². The second-order valence-corrected chi connectivity index (χ2v) is 9.48. The number of carbonyl (C=O) groups is 1. The van der Waals surface area contributed by atoms with Crippen molar-refractivity contribution in [2.75, 3.05) is 11.1 Å². The molecule has 8 nitrogen and oxygen atoms in total. The van der Waals surface area contributed by atoms with Crippen molar-refractivity contribution >= 4 is 34.0 Å². The van der Waals surface area contributed by atoms with Crippen LogP contribution in [-0.4, -0.2) is 31.6 Å². The SMILES string of the molecule is CCc1cc(NC(=O)C(C)C)cc(-c2ccc(N)c(C(=N)c3nc4c(-c5ccccn5)cncc4[nH]3)c2)c1. The molecule has 0 aliphatic rings. The predicted molar refractivity (Wildman–Crippen MR) is 152 cm³/mol. The Morgan fingerprint density at radius 1 is 1.08 bits per heavy atom. The quantitative estimate of drug-likeness (QED) is 0.163. The molecular formula is C30H29N7O. The lowest BCUT2D eigenvalue weighted by atomic mass is 9.96. The summed E-state index contributed by atoms with van der Waals surface area (Å²) in [6.07, 6.45) is 5.96. The Bertz CT molecular complexity index is 1650. The number of aromatic amines is 1. The van der Waals surface area contributed by atoms with Gasteiger partial charge in [-0.2, -0.15) is 0 Å². The summed E-state index contributed by atoms with van der Waals surface area (Å²) in [6, 6.07) is 17.3. The Kier molecular flexibility index (Phi) is 6.70. The topological polar surface area (TPSA) is 133 Å². The van der Waals surface area contributed by atoms with E-state index in [2.05, 4.69) is 33.3 Å². The van der Waals surface area contributed by atoms with E-state index in [4.69, 9.17) is 16.1 Å². The Labute approximate surface area is 220 Å². The standard InChI is InChI=1S/C30H29N7O/c1-4-18-11-20(13-21(12-18)35-30(38)17(2)3)19-8-9-24(31)22(14-19)27(32)29-36-26-16-33-15-23(28(26)37-29)25-7-5-6-10-34-25/h5-17,32H,4,31H2,1-3H3,(H,35,38)(H,36,37). The highest BCUT2D eigenvalue weighted by atomic mass is 16.1. The maximum absolute atomic E-state index is 12.3. The first kappa shape index (κ1) is 24.8. The van der Waals surface area contributed by atoms with Crippen LogP contribution in [0.4, 0.5) is 11.4 Å². The van der Waals surface area contributed by atoms with Gasteiger partial charge in [0.2, 0.25) is 5.91 Å². The van der Waals surface area contributed by atoms with Gasteiger partial charge in [0.15, 0.2) is 5.82 Å². The lowest BCUT2D eigenvalue weighted by Gasteiger charge is -2.13. The molecule has 5 rings (SSSR count). The van der Waals surface area contributed by atoms with Gasteiger partial charge < -0.3 is 16.0 Å². The molecule has 38 heavy (non-hydrogen) atoms. The molecule has 0 saturated heterocycles. The van der Waals surface area contributed by atoms with Gasteiger partial charge in [-0.25, -0.2) is 4.98 Å². The van der Waals surface area contributed by atoms with Crippen LogP contribution in [0.15, 0.2) is 73.2 Å². The van der Waals surface area contributed by atoms with E-state index in [1.807, 2.05) is 56.3 Å². The summed E-state index contributed by atoms with van der Waals surface area (Å²) in [6.45, 7) is 5.81. The zero-order chi connectivity index (χ0) is 26.8. The van der Waals surface area contributed by atoms with E-state index in [1.165, 1.54) is 0 Å². The van der Waals surface area contributed by atoms with Crippen LogP contribution in [-0.2, 0) is 11.2 Å². The van der Waals surface area contributed by atoms with E-state index in [9.17, 15) is 4.79 Å². The average Bonchev–Trinajstić information content (AvgIpc) is 3.38. The van der Waals surface area contributed by atoms with Crippen molar-refractivity contribution in [3.8, 4) is 22.4 Å². The highest BCUT2D eigenvalue weighted by Gasteiger charge is 2.17. The number of amides is 1. The number of aryl methyl sites for hydroxylation is 1. The van der Waals surface area contributed by atoms with Crippen molar-refractivity contribution in [1.82, 2.24) is 19.9 Å². The lowest BCUT2D eigenvalue weighted by Crippen LogP contribution is -2.17. The number of anilines is 2. The third-order valence-corrected chi connectivity index (χ3v) is 6.42. The molecule has 0 fully saturated rings. The largest absolute Gasteiger partial charge is 0.398 e. The molecule has 0 bridgehead atoms. The molecule has 0 radical (unpaired) electrons. The molecule has 3 heterocycles. The first-order chi connectivity index (χ1) is 18.3. The number of rotatable bonds is 7. The molecule has 8 heteroatoms. The lowest BCUT2D eigenvalue weighted by molar-refractivity contribution is -0.118. The molecule has 0 aliphatic carbocycles. The molecule has 5 aromatic rings. The monoisotopic (exact) mass is 503 g/mol. The molecule has 0 unspecified atom stereocenters. The van der Waals surface area contributed by atoms with Gasteiger partial charge in [-0.15, -0.1) is 0 Å². The van der Waals surface area contributed by atoms with Gasteiger partial charge in [0.1, 0.15) is 11.2 Å². The number of nitrogens with two attached hydrogens (primary N) is 1. The summed E-state index contributed by atoms with van der Waals surface area (Å²) in [5.41, 5.74) is 14.2. The number of H-pyrrole nitrogens is 1. The number of benzene rings is 2.